The number of nitrogens with one attached hydrogen (secondary N) is 1. The van der Waals surface area contributed by atoms with Crippen LogP contribution in [0.15, 0.2) is 23.0 Å². The minimum atomic E-state index is -1.02. The molecule has 2 N–H and O–H groups in total. The Morgan fingerprint density at radius 1 is 1.61 bits per heavy atom. The highest BCUT2D eigenvalue weighted by atomic mass is 32.1. The summed E-state index contributed by atoms with van der Waals surface area (Å²) >= 11 is 1.48. The van der Waals surface area contributed by atoms with Gasteiger partial charge in [0.1, 0.15) is 6.04 Å². The number of rotatable bonds is 7. The van der Waals surface area contributed by atoms with Gasteiger partial charge in [-0.25, -0.2) is 9.78 Å². The number of allylic oxidation sites excluding steroid dienone is 1. The van der Waals surface area contributed by atoms with Gasteiger partial charge in [0.2, 0.25) is 5.91 Å². The number of nitrogens with zero attached hydrogens (tertiary/aromatic N) is 1. The molecule has 1 aromatic heterocycles. The molecule has 1 amide bonds. The highest BCUT2D eigenvalue weighted by Gasteiger charge is 2.18. The van der Waals surface area contributed by atoms with Gasteiger partial charge in [0, 0.05) is 11.8 Å². The molecule has 0 aliphatic rings. The molecule has 0 radical (unpaired) electrons. The Morgan fingerprint density at radius 2 is 2.39 bits per heavy atom. The minimum absolute atomic E-state index is 0.253. The SMILES string of the molecule is C/C=C/CC(NC(=O)CCc1cscn1)C(=O)O. The van der Waals surface area contributed by atoms with E-state index < -0.39 is 12.0 Å². The highest BCUT2D eigenvalue weighted by Crippen LogP contribution is 2.04. The van der Waals surface area contributed by atoms with Gasteiger partial charge in [-0.2, -0.15) is 0 Å². The number of carboxylic acid groups (broad SMARTS) is 1. The summed E-state index contributed by atoms with van der Waals surface area (Å²) in [4.78, 5) is 26.6. The molecule has 0 saturated heterocycles. The van der Waals surface area contributed by atoms with E-state index in [0.29, 0.717) is 12.8 Å². The lowest BCUT2D eigenvalue weighted by molar-refractivity contribution is -0.141. The Hall–Kier alpha value is -1.69. The molecule has 1 atom stereocenters. The predicted molar refractivity (Wildman–Crippen MR) is 69.4 cm³/mol. The van der Waals surface area contributed by atoms with Crippen LogP contribution >= 0.6 is 11.3 Å². The van der Waals surface area contributed by atoms with Crippen molar-refractivity contribution in [3.05, 3.63) is 28.7 Å². The fourth-order valence-corrected chi connectivity index (χ4v) is 1.96. The first-order valence-electron chi connectivity index (χ1n) is 5.64. The molecule has 0 aliphatic carbocycles. The molecule has 98 valence electrons. The number of aliphatic carboxylic acids is 1. The van der Waals surface area contributed by atoms with E-state index in [1.807, 2.05) is 12.3 Å². The Kier molecular flexibility index (Phi) is 6.07. The van der Waals surface area contributed by atoms with E-state index in [1.165, 1.54) is 11.3 Å². The number of aryl methyl sites for hydroxylation is 1. The summed E-state index contributed by atoms with van der Waals surface area (Å²) in [6.07, 6.45) is 4.57. The number of carbonyl (C=O) groups is 2. The Bertz CT molecular complexity index is 415. The van der Waals surface area contributed by atoms with Crippen molar-refractivity contribution in [1.29, 1.82) is 0 Å². The van der Waals surface area contributed by atoms with E-state index in [-0.39, 0.29) is 12.3 Å². The van der Waals surface area contributed by atoms with Gasteiger partial charge < -0.3 is 10.4 Å². The molecular formula is C12H16N2O3S. The van der Waals surface area contributed by atoms with Crippen molar-refractivity contribution >= 4 is 23.2 Å². The van der Waals surface area contributed by atoms with Crippen LogP contribution < -0.4 is 5.32 Å². The average Bonchev–Trinajstić information content (AvgIpc) is 2.84. The second kappa shape index (κ2) is 7.60. The van der Waals surface area contributed by atoms with Crippen LogP contribution in [0, 0.1) is 0 Å². The fourth-order valence-electron chi connectivity index (χ4n) is 1.36. The molecule has 18 heavy (non-hydrogen) atoms. The minimum Gasteiger partial charge on any atom is -0.480 e. The van der Waals surface area contributed by atoms with Crippen LogP contribution in [0.25, 0.3) is 0 Å². The molecule has 1 unspecified atom stereocenters. The van der Waals surface area contributed by atoms with E-state index in [4.69, 9.17) is 5.11 Å². The summed E-state index contributed by atoms with van der Waals surface area (Å²) in [5.41, 5.74) is 2.56. The molecular weight excluding hydrogens is 252 g/mol. The first-order valence-corrected chi connectivity index (χ1v) is 6.58. The summed E-state index contributed by atoms with van der Waals surface area (Å²) in [5, 5.41) is 13.3. The molecule has 1 heterocycles. The molecule has 6 heteroatoms. The van der Waals surface area contributed by atoms with E-state index in [1.54, 1.807) is 17.7 Å². The van der Waals surface area contributed by atoms with Gasteiger partial charge in [0.25, 0.3) is 0 Å². The average molecular weight is 268 g/mol. The first-order chi connectivity index (χ1) is 8.63. The van der Waals surface area contributed by atoms with Gasteiger partial charge in [0.15, 0.2) is 0 Å². The van der Waals surface area contributed by atoms with Crippen molar-refractivity contribution in [3.8, 4) is 0 Å². The maximum atomic E-state index is 11.6. The van der Waals surface area contributed by atoms with Gasteiger partial charge in [0.05, 0.1) is 11.2 Å². The zero-order valence-electron chi connectivity index (χ0n) is 10.1. The van der Waals surface area contributed by atoms with Crippen LogP contribution in [0.5, 0.6) is 0 Å². The molecule has 0 bridgehead atoms. The lowest BCUT2D eigenvalue weighted by atomic mass is 10.1. The van der Waals surface area contributed by atoms with Gasteiger partial charge in [-0.15, -0.1) is 11.3 Å². The monoisotopic (exact) mass is 268 g/mol. The third kappa shape index (κ3) is 5.09. The summed E-state index contributed by atoms with van der Waals surface area (Å²) in [6.45, 7) is 1.81. The van der Waals surface area contributed by atoms with E-state index >= 15 is 0 Å². The van der Waals surface area contributed by atoms with Crippen molar-refractivity contribution in [3.63, 3.8) is 0 Å². The molecule has 5 nitrogen and oxygen atoms in total. The van der Waals surface area contributed by atoms with Crippen LogP contribution in [0.1, 0.15) is 25.5 Å². The summed E-state index contributed by atoms with van der Waals surface area (Å²) in [6, 6.07) is -0.857. The normalized spacial score (nSPS) is 12.5. The number of hydrogen-bond acceptors (Lipinski definition) is 4. The van der Waals surface area contributed by atoms with Gasteiger partial charge in [-0.3, -0.25) is 4.79 Å². The zero-order chi connectivity index (χ0) is 13.4. The molecule has 1 aromatic rings. The number of hydrogen-bond donors (Lipinski definition) is 2. The number of aromatic nitrogens is 1. The van der Waals surface area contributed by atoms with Crippen LogP contribution in [-0.4, -0.2) is 28.0 Å². The highest BCUT2D eigenvalue weighted by molar-refractivity contribution is 7.07. The predicted octanol–water partition coefficient (Wildman–Crippen LogP) is 1.61. The zero-order valence-corrected chi connectivity index (χ0v) is 10.9. The van der Waals surface area contributed by atoms with E-state index in [9.17, 15) is 9.59 Å². The molecule has 0 aliphatic heterocycles. The largest absolute Gasteiger partial charge is 0.480 e. The van der Waals surface area contributed by atoms with E-state index in [0.717, 1.165) is 5.69 Å². The molecule has 1 rings (SSSR count). The number of amides is 1. The Morgan fingerprint density at radius 3 is 2.94 bits per heavy atom. The topological polar surface area (TPSA) is 79.3 Å². The van der Waals surface area contributed by atoms with Crippen molar-refractivity contribution in [1.82, 2.24) is 10.3 Å². The second-order valence-electron chi connectivity index (χ2n) is 3.74. The van der Waals surface area contributed by atoms with Gasteiger partial charge in [-0.1, -0.05) is 12.2 Å². The quantitative estimate of drug-likeness (QED) is 0.736. The molecule has 0 spiro atoms. The summed E-state index contributed by atoms with van der Waals surface area (Å²) in [7, 11) is 0. The lowest BCUT2D eigenvalue weighted by Crippen LogP contribution is -2.40. The third-order valence-electron chi connectivity index (χ3n) is 2.33. The Balaban J connectivity index is 2.38. The second-order valence-corrected chi connectivity index (χ2v) is 4.46. The standard InChI is InChI=1S/C12H16N2O3S/c1-2-3-4-10(12(16)17)14-11(15)6-5-9-7-18-8-13-9/h2-3,7-8,10H,4-6H2,1H3,(H,14,15)(H,16,17)/b3-2+. The Labute approximate surface area is 110 Å². The van der Waals surface area contributed by atoms with Crippen molar-refractivity contribution < 1.29 is 14.7 Å². The van der Waals surface area contributed by atoms with Gasteiger partial charge in [-0.05, 0) is 19.8 Å². The lowest BCUT2D eigenvalue weighted by Gasteiger charge is -2.12. The van der Waals surface area contributed by atoms with Crippen LogP contribution in [0.2, 0.25) is 0 Å². The summed E-state index contributed by atoms with van der Waals surface area (Å²) < 4.78 is 0. The number of carboxylic acids is 1. The first kappa shape index (κ1) is 14.4. The number of carbonyl (C=O) groups excluding carboxylic acids is 1. The maximum absolute atomic E-state index is 11.6. The molecule has 0 saturated carbocycles. The number of thiazole rings is 1. The van der Waals surface area contributed by atoms with Crippen LogP contribution in [0.4, 0.5) is 0 Å². The third-order valence-corrected chi connectivity index (χ3v) is 2.97. The molecule has 0 aromatic carbocycles. The van der Waals surface area contributed by atoms with Crippen LogP contribution in [-0.2, 0) is 16.0 Å². The molecule has 0 fully saturated rings. The summed E-state index contributed by atoms with van der Waals surface area (Å²) in [5.74, 6) is -1.28. The van der Waals surface area contributed by atoms with Crippen molar-refractivity contribution in [2.24, 2.45) is 0 Å². The maximum Gasteiger partial charge on any atom is 0.326 e. The van der Waals surface area contributed by atoms with Crippen molar-refractivity contribution in [2.45, 2.75) is 32.2 Å². The van der Waals surface area contributed by atoms with E-state index in [2.05, 4.69) is 10.3 Å². The van der Waals surface area contributed by atoms with Crippen molar-refractivity contribution in [2.75, 3.05) is 0 Å². The van der Waals surface area contributed by atoms with Crippen LogP contribution in [0.3, 0.4) is 0 Å². The van der Waals surface area contributed by atoms with Gasteiger partial charge >= 0.3 is 5.97 Å². The smallest absolute Gasteiger partial charge is 0.326 e. The fraction of sp³-hybridized carbons (Fsp3) is 0.417.